The number of hydrogen-bond donors (Lipinski definition) is 2. The van der Waals surface area contributed by atoms with Crippen molar-refractivity contribution in [2.75, 3.05) is 13.1 Å². The molecule has 154 valence electrons. The molecule has 2 N–H and O–H groups in total. The van der Waals surface area contributed by atoms with Gasteiger partial charge in [0.1, 0.15) is 12.2 Å². The zero-order valence-corrected chi connectivity index (χ0v) is 17.9. The lowest BCUT2D eigenvalue weighted by molar-refractivity contribution is 0.610. The molecule has 0 spiro atoms. The molecule has 29 heavy (non-hydrogen) atoms. The van der Waals surface area contributed by atoms with Crippen LogP contribution in [0.25, 0.3) is 10.8 Å². The fourth-order valence-corrected chi connectivity index (χ4v) is 3.37. The monoisotopic (exact) mass is 392 g/mol. The highest BCUT2D eigenvalue weighted by molar-refractivity contribution is 5.87. The van der Waals surface area contributed by atoms with Crippen molar-refractivity contribution < 1.29 is 0 Å². The van der Waals surface area contributed by atoms with Crippen molar-refractivity contribution in [3.8, 4) is 0 Å². The maximum atomic E-state index is 4.78. The average molecular weight is 393 g/mol. The molecule has 1 unspecified atom stereocenters. The van der Waals surface area contributed by atoms with Gasteiger partial charge < -0.3 is 15.2 Å². The highest BCUT2D eigenvalue weighted by atomic mass is 15.3. The summed E-state index contributed by atoms with van der Waals surface area (Å²) in [5, 5.41) is 17.7. The first-order valence-electron chi connectivity index (χ1n) is 10.5. The molecule has 0 amide bonds. The van der Waals surface area contributed by atoms with Crippen molar-refractivity contribution in [2.24, 2.45) is 10.9 Å². The van der Waals surface area contributed by atoms with Crippen LogP contribution in [0.2, 0.25) is 0 Å². The van der Waals surface area contributed by atoms with E-state index in [4.69, 9.17) is 4.99 Å². The van der Waals surface area contributed by atoms with Gasteiger partial charge in [-0.25, -0.2) is 0 Å². The number of hydrogen-bond acceptors (Lipinski definition) is 3. The molecule has 1 aromatic heterocycles. The molecule has 0 aliphatic heterocycles. The van der Waals surface area contributed by atoms with Gasteiger partial charge in [0.15, 0.2) is 5.96 Å². The Morgan fingerprint density at radius 1 is 1.10 bits per heavy atom. The third kappa shape index (κ3) is 5.56. The fraction of sp³-hybridized carbons (Fsp3) is 0.435. The normalized spacial score (nSPS) is 13.1. The summed E-state index contributed by atoms with van der Waals surface area (Å²) >= 11 is 0. The van der Waals surface area contributed by atoms with Gasteiger partial charge in [-0.3, -0.25) is 4.99 Å². The Labute approximate surface area is 173 Å². The van der Waals surface area contributed by atoms with Crippen molar-refractivity contribution >= 4 is 16.7 Å². The van der Waals surface area contributed by atoms with E-state index in [0.29, 0.717) is 5.92 Å². The molecule has 2 aromatic carbocycles. The number of nitrogens with one attached hydrogen (secondary N) is 2. The minimum Gasteiger partial charge on any atom is -0.355 e. The predicted molar refractivity (Wildman–Crippen MR) is 120 cm³/mol. The molecule has 0 aliphatic rings. The van der Waals surface area contributed by atoms with Crippen LogP contribution in [0.4, 0.5) is 0 Å². The Balaban J connectivity index is 1.70. The summed E-state index contributed by atoms with van der Waals surface area (Å²) in [5.41, 5.74) is 1.27. The summed E-state index contributed by atoms with van der Waals surface area (Å²) < 4.78 is 2.08. The van der Waals surface area contributed by atoms with Crippen LogP contribution in [0.1, 0.15) is 45.1 Å². The first kappa shape index (κ1) is 20.8. The molecule has 0 saturated carbocycles. The summed E-state index contributed by atoms with van der Waals surface area (Å²) in [7, 11) is 0. The van der Waals surface area contributed by atoms with Gasteiger partial charge in [-0.15, -0.1) is 10.2 Å². The summed E-state index contributed by atoms with van der Waals surface area (Å²) in [4.78, 5) is 4.78. The Bertz CT molecular complexity index is 938. The van der Waals surface area contributed by atoms with Crippen molar-refractivity contribution in [1.82, 2.24) is 25.4 Å². The number of rotatable bonds is 8. The second kappa shape index (κ2) is 10.0. The molecule has 0 saturated heterocycles. The molecule has 6 heteroatoms. The molecule has 3 rings (SSSR count). The van der Waals surface area contributed by atoms with Crippen LogP contribution >= 0.6 is 0 Å². The van der Waals surface area contributed by atoms with Crippen LogP contribution < -0.4 is 10.6 Å². The van der Waals surface area contributed by atoms with E-state index in [-0.39, 0.29) is 6.04 Å². The molecule has 1 atom stereocenters. The molecule has 3 aromatic rings. The molecular weight excluding hydrogens is 360 g/mol. The summed E-state index contributed by atoms with van der Waals surface area (Å²) in [5.74, 6) is 2.35. The van der Waals surface area contributed by atoms with E-state index in [0.717, 1.165) is 37.8 Å². The van der Waals surface area contributed by atoms with Gasteiger partial charge in [-0.1, -0.05) is 63.2 Å². The largest absolute Gasteiger partial charge is 0.355 e. The summed E-state index contributed by atoms with van der Waals surface area (Å²) in [6.07, 6.45) is 2.67. The lowest BCUT2D eigenvalue weighted by Gasteiger charge is -2.21. The maximum Gasteiger partial charge on any atom is 0.191 e. The van der Waals surface area contributed by atoms with Crippen LogP contribution in [0.3, 0.4) is 0 Å². The highest BCUT2D eigenvalue weighted by Crippen LogP contribution is 2.23. The number of guanidine groups is 1. The molecule has 1 heterocycles. The van der Waals surface area contributed by atoms with Crippen LogP contribution in [-0.2, 0) is 13.0 Å². The molecule has 0 radical (unpaired) electrons. The zero-order valence-electron chi connectivity index (χ0n) is 17.9. The zero-order chi connectivity index (χ0) is 20.6. The fourth-order valence-electron chi connectivity index (χ4n) is 3.37. The number of aliphatic imine (C=N–C) groups is 1. The lowest BCUT2D eigenvalue weighted by Crippen LogP contribution is -2.40. The van der Waals surface area contributed by atoms with Gasteiger partial charge in [0, 0.05) is 26.1 Å². The van der Waals surface area contributed by atoms with Gasteiger partial charge >= 0.3 is 0 Å². The van der Waals surface area contributed by atoms with E-state index in [1.807, 2.05) is 0 Å². The lowest BCUT2D eigenvalue weighted by atomic mass is 10.00. The number of aryl methyl sites for hydroxylation is 1. The first-order valence-corrected chi connectivity index (χ1v) is 10.5. The van der Waals surface area contributed by atoms with E-state index >= 15 is 0 Å². The number of aromatic nitrogens is 3. The topological polar surface area (TPSA) is 67.1 Å². The predicted octanol–water partition coefficient (Wildman–Crippen LogP) is 3.95. The smallest absolute Gasteiger partial charge is 0.191 e. The van der Waals surface area contributed by atoms with Gasteiger partial charge in [0.05, 0.1) is 6.04 Å². The van der Waals surface area contributed by atoms with Crippen LogP contribution in [0.5, 0.6) is 0 Å². The summed E-state index contributed by atoms with van der Waals surface area (Å²) in [6.45, 7) is 11.0. The van der Waals surface area contributed by atoms with E-state index in [2.05, 4.69) is 95.6 Å². The Morgan fingerprint density at radius 3 is 2.69 bits per heavy atom. The third-order valence-electron chi connectivity index (χ3n) is 4.91. The molecule has 0 fully saturated rings. The second-order valence-corrected chi connectivity index (χ2v) is 7.74. The Hall–Kier alpha value is -2.89. The van der Waals surface area contributed by atoms with Gasteiger partial charge in [-0.05, 0) is 29.2 Å². The van der Waals surface area contributed by atoms with Crippen molar-refractivity contribution in [1.29, 1.82) is 0 Å². The SMILES string of the molecule is CCc1nncn1CCNC(=NCC(C)C)NC(C)c1cccc2ccccc12. The average Bonchev–Trinajstić information content (AvgIpc) is 3.18. The van der Waals surface area contributed by atoms with Crippen LogP contribution in [-0.4, -0.2) is 33.8 Å². The van der Waals surface area contributed by atoms with Gasteiger partial charge in [0.25, 0.3) is 0 Å². The van der Waals surface area contributed by atoms with E-state index in [1.165, 1.54) is 16.3 Å². The van der Waals surface area contributed by atoms with E-state index in [1.54, 1.807) is 6.33 Å². The van der Waals surface area contributed by atoms with Crippen LogP contribution in [0, 0.1) is 5.92 Å². The maximum absolute atomic E-state index is 4.78. The van der Waals surface area contributed by atoms with E-state index < -0.39 is 0 Å². The minimum atomic E-state index is 0.139. The van der Waals surface area contributed by atoms with Crippen LogP contribution in [0.15, 0.2) is 53.8 Å². The Morgan fingerprint density at radius 2 is 1.90 bits per heavy atom. The van der Waals surface area contributed by atoms with E-state index in [9.17, 15) is 0 Å². The van der Waals surface area contributed by atoms with Crippen molar-refractivity contribution in [2.45, 2.75) is 46.7 Å². The number of benzene rings is 2. The quantitative estimate of drug-likeness (QED) is 0.450. The van der Waals surface area contributed by atoms with Gasteiger partial charge in [-0.2, -0.15) is 0 Å². The minimum absolute atomic E-state index is 0.139. The molecule has 0 bridgehead atoms. The summed E-state index contributed by atoms with van der Waals surface area (Å²) in [6, 6.07) is 15.1. The molecular formula is C23H32N6. The standard InChI is InChI=1S/C23H32N6/c1-5-22-28-26-16-29(22)14-13-24-23(25-15-17(2)3)27-18(4)20-12-8-10-19-9-6-7-11-21(19)20/h6-12,16-18H,5,13-15H2,1-4H3,(H2,24,25,27). The third-order valence-corrected chi connectivity index (χ3v) is 4.91. The van der Waals surface area contributed by atoms with Crippen molar-refractivity contribution in [3.63, 3.8) is 0 Å². The molecule has 6 nitrogen and oxygen atoms in total. The second-order valence-electron chi connectivity index (χ2n) is 7.74. The first-order chi connectivity index (χ1) is 14.1. The van der Waals surface area contributed by atoms with Crippen molar-refractivity contribution in [3.05, 3.63) is 60.2 Å². The molecule has 0 aliphatic carbocycles. The number of fused-ring (bicyclic) bond motifs is 1. The Kier molecular flexibility index (Phi) is 7.22. The van der Waals surface area contributed by atoms with Gasteiger partial charge in [0.2, 0.25) is 0 Å². The highest BCUT2D eigenvalue weighted by Gasteiger charge is 2.11. The number of nitrogens with zero attached hydrogens (tertiary/aromatic N) is 4.